The summed E-state index contributed by atoms with van der Waals surface area (Å²) in [6.45, 7) is 3.61. The van der Waals surface area contributed by atoms with E-state index in [1.54, 1.807) is 6.07 Å². The standard InChI is InChI=1S/C15H21FO/c1-2-3-4-5-11-17-12-7-9-14-8-6-10-15(16)13-14/h6-10,13H,2-5,11-12H2,1H3/b9-7+. The van der Waals surface area contributed by atoms with Gasteiger partial charge in [-0.1, -0.05) is 50.5 Å². The van der Waals surface area contributed by atoms with E-state index in [-0.39, 0.29) is 5.82 Å². The molecule has 0 heterocycles. The van der Waals surface area contributed by atoms with Gasteiger partial charge in [-0.3, -0.25) is 0 Å². The fourth-order valence-corrected chi connectivity index (χ4v) is 1.58. The maximum atomic E-state index is 12.9. The van der Waals surface area contributed by atoms with Crippen molar-refractivity contribution in [2.45, 2.75) is 32.6 Å². The van der Waals surface area contributed by atoms with Crippen LogP contribution >= 0.6 is 0 Å². The van der Waals surface area contributed by atoms with Crippen LogP contribution in [0, 0.1) is 5.82 Å². The first-order chi connectivity index (χ1) is 8.33. The first kappa shape index (κ1) is 13.9. The van der Waals surface area contributed by atoms with Gasteiger partial charge in [0.25, 0.3) is 0 Å². The smallest absolute Gasteiger partial charge is 0.123 e. The van der Waals surface area contributed by atoms with E-state index in [4.69, 9.17) is 4.74 Å². The summed E-state index contributed by atoms with van der Waals surface area (Å²) in [6.07, 6.45) is 8.71. The monoisotopic (exact) mass is 236 g/mol. The molecular formula is C15H21FO. The summed E-state index contributed by atoms with van der Waals surface area (Å²) in [6, 6.07) is 6.54. The molecule has 0 aromatic heterocycles. The zero-order chi connectivity index (χ0) is 12.3. The van der Waals surface area contributed by atoms with Crippen molar-refractivity contribution in [2.24, 2.45) is 0 Å². The molecule has 0 aliphatic rings. The first-order valence-corrected chi connectivity index (χ1v) is 6.33. The van der Waals surface area contributed by atoms with Crippen molar-refractivity contribution in [1.29, 1.82) is 0 Å². The van der Waals surface area contributed by atoms with Crippen molar-refractivity contribution in [3.8, 4) is 0 Å². The van der Waals surface area contributed by atoms with Gasteiger partial charge in [-0.05, 0) is 24.1 Å². The minimum absolute atomic E-state index is 0.201. The van der Waals surface area contributed by atoms with E-state index in [1.165, 1.54) is 31.4 Å². The summed E-state index contributed by atoms with van der Waals surface area (Å²) >= 11 is 0. The van der Waals surface area contributed by atoms with Crippen LogP contribution in [-0.4, -0.2) is 13.2 Å². The SMILES string of the molecule is CCCCCCOC/C=C/c1cccc(F)c1. The second-order valence-electron chi connectivity index (χ2n) is 4.09. The third kappa shape index (κ3) is 6.90. The van der Waals surface area contributed by atoms with E-state index in [0.29, 0.717) is 6.61 Å². The van der Waals surface area contributed by atoms with Crippen LogP contribution in [0.15, 0.2) is 30.3 Å². The Morgan fingerprint density at radius 2 is 2.12 bits per heavy atom. The van der Waals surface area contributed by atoms with Gasteiger partial charge in [-0.2, -0.15) is 0 Å². The maximum Gasteiger partial charge on any atom is 0.123 e. The molecule has 1 aromatic carbocycles. The van der Waals surface area contributed by atoms with E-state index in [1.807, 2.05) is 18.2 Å². The molecule has 0 saturated carbocycles. The lowest BCUT2D eigenvalue weighted by molar-refractivity contribution is 0.157. The highest BCUT2D eigenvalue weighted by Gasteiger charge is 1.90. The molecule has 0 unspecified atom stereocenters. The van der Waals surface area contributed by atoms with E-state index in [0.717, 1.165) is 18.6 Å². The van der Waals surface area contributed by atoms with Crippen LogP contribution < -0.4 is 0 Å². The van der Waals surface area contributed by atoms with Crippen molar-refractivity contribution in [3.05, 3.63) is 41.7 Å². The molecule has 0 atom stereocenters. The molecule has 0 saturated heterocycles. The fraction of sp³-hybridized carbons (Fsp3) is 0.467. The van der Waals surface area contributed by atoms with Crippen LogP contribution in [0.2, 0.25) is 0 Å². The average Bonchev–Trinajstić information content (AvgIpc) is 2.33. The summed E-state index contributed by atoms with van der Waals surface area (Å²) in [7, 11) is 0. The highest BCUT2D eigenvalue weighted by Crippen LogP contribution is 2.05. The molecule has 0 radical (unpaired) electrons. The van der Waals surface area contributed by atoms with Crippen LogP contribution in [0.3, 0.4) is 0 Å². The molecule has 0 spiro atoms. The highest BCUT2D eigenvalue weighted by atomic mass is 19.1. The number of hydrogen-bond acceptors (Lipinski definition) is 1. The molecule has 2 heteroatoms. The van der Waals surface area contributed by atoms with Crippen LogP contribution in [0.25, 0.3) is 6.08 Å². The zero-order valence-electron chi connectivity index (χ0n) is 10.5. The van der Waals surface area contributed by atoms with E-state index in [9.17, 15) is 4.39 Å². The van der Waals surface area contributed by atoms with Crippen molar-refractivity contribution < 1.29 is 9.13 Å². The largest absolute Gasteiger partial charge is 0.377 e. The topological polar surface area (TPSA) is 9.23 Å². The molecular weight excluding hydrogens is 215 g/mol. The molecule has 0 N–H and O–H groups in total. The van der Waals surface area contributed by atoms with Gasteiger partial charge in [0.15, 0.2) is 0 Å². The van der Waals surface area contributed by atoms with E-state index >= 15 is 0 Å². The van der Waals surface area contributed by atoms with Crippen molar-refractivity contribution >= 4 is 6.08 Å². The summed E-state index contributed by atoms with van der Waals surface area (Å²) in [4.78, 5) is 0. The first-order valence-electron chi connectivity index (χ1n) is 6.33. The Labute approximate surface area is 103 Å². The lowest BCUT2D eigenvalue weighted by Gasteiger charge is -2.00. The summed E-state index contributed by atoms with van der Waals surface area (Å²) in [5.74, 6) is -0.201. The molecule has 0 bridgehead atoms. The van der Waals surface area contributed by atoms with Gasteiger partial charge >= 0.3 is 0 Å². The van der Waals surface area contributed by atoms with Gasteiger partial charge < -0.3 is 4.74 Å². The predicted molar refractivity (Wildman–Crippen MR) is 70.4 cm³/mol. The van der Waals surface area contributed by atoms with Crippen LogP contribution in [0.5, 0.6) is 0 Å². The third-order valence-electron chi connectivity index (χ3n) is 2.52. The predicted octanol–water partition coefficient (Wildman–Crippen LogP) is 4.44. The molecule has 1 rings (SSSR count). The van der Waals surface area contributed by atoms with Gasteiger partial charge in [-0.15, -0.1) is 0 Å². The van der Waals surface area contributed by atoms with Crippen LogP contribution in [0.4, 0.5) is 4.39 Å². The fourth-order valence-electron chi connectivity index (χ4n) is 1.58. The van der Waals surface area contributed by atoms with Gasteiger partial charge in [-0.25, -0.2) is 4.39 Å². The normalized spacial score (nSPS) is 11.2. The average molecular weight is 236 g/mol. The molecule has 0 amide bonds. The minimum atomic E-state index is -0.201. The molecule has 0 aliphatic carbocycles. The Bertz CT molecular complexity index is 333. The molecule has 94 valence electrons. The summed E-state index contributed by atoms with van der Waals surface area (Å²) in [5, 5.41) is 0. The molecule has 0 fully saturated rings. The maximum absolute atomic E-state index is 12.9. The van der Waals surface area contributed by atoms with Gasteiger partial charge in [0.2, 0.25) is 0 Å². The van der Waals surface area contributed by atoms with Gasteiger partial charge in [0.05, 0.1) is 6.61 Å². The number of ether oxygens (including phenoxy) is 1. The number of unbranched alkanes of at least 4 members (excludes halogenated alkanes) is 3. The molecule has 17 heavy (non-hydrogen) atoms. The Morgan fingerprint density at radius 1 is 1.24 bits per heavy atom. The Morgan fingerprint density at radius 3 is 2.88 bits per heavy atom. The third-order valence-corrected chi connectivity index (χ3v) is 2.52. The second kappa shape index (κ2) is 8.94. The lowest BCUT2D eigenvalue weighted by atomic mass is 10.2. The molecule has 1 nitrogen and oxygen atoms in total. The van der Waals surface area contributed by atoms with E-state index in [2.05, 4.69) is 6.92 Å². The number of halogens is 1. The van der Waals surface area contributed by atoms with Crippen molar-refractivity contribution in [2.75, 3.05) is 13.2 Å². The minimum Gasteiger partial charge on any atom is -0.377 e. The quantitative estimate of drug-likeness (QED) is 0.606. The number of hydrogen-bond donors (Lipinski definition) is 0. The van der Waals surface area contributed by atoms with Gasteiger partial charge in [0, 0.05) is 6.61 Å². The van der Waals surface area contributed by atoms with Crippen LogP contribution in [-0.2, 0) is 4.74 Å². The number of rotatable bonds is 8. The highest BCUT2D eigenvalue weighted by molar-refractivity contribution is 5.48. The lowest BCUT2D eigenvalue weighted by Crippen LogP contribution is -1.94. The van der Waals surface area contributed by atoms with Crippen LogP contribution in [0.1, 0.15) is 38.2 Å². The second-order valence-corrected chi connectivity index (χ2v) is 4.09. The summed E-state index contributed by atoms with van der Waals surface area (Å²) in [5.41, 5.74) is 0.875. The number of benzene rings is 1. The van der Waals surface area contributed by atoms with E-state index < -0.39 is 0 Å². The Balaban J connectivity index is 2.10. The van der Waals surface area contributed by atoms with Gasteiger partial charge in [0.1, 0.15) is 5.82 Å². The Kier molecular flexibility index (Phi) is 7.32. The molecule has 1 aromatic rings. The summed E-state index contributed by atoms with van der Waals surface area (Å²) < 4.78 is 18.3. The van der Waals surface area contributed by atoms with Crippen molar-refractivity contribution in [3.63, 3.8) is 0 Å². The zero-order valence-corrected chi connectivity index (χ0v) is 10.5. The van der Waals surface area contributed by atoms with Crippen molar-refractivity contribution in [1.82, 2.24) is 0 Å². The Hall–Kier alpha value is -1.15. The molecule has 0 aliphatic heterocycles.